The van der Waals surface area contributed by atoms with Crippen LogP contribution in [0.2, 0.25) is 0 Å². The fraction of sp³-hybridized carbons (Fsp3) is 1.00. The van der Waals surface area contributed by atoms with Gasteiger partial charge in [0.15, 0.2) is 0 Å². The molecule has 0 saturated heterocycles. The average Bonchev–Trinajstić information content (AvgIpc) is 1.87. The first kappa shape index (κ1) is 11.0. The van der Waals surface area contributed by atoms with E-state index in [0.29, 0.717) is 0 Å². The van der Waals surface area contributed by atoms with Crippen molar-refractivity contribution in [2.45, 2.75) is 59.8 Å². The summed E-state index contributed by atoms with van der Waals surface area (Å²) in [5.41, 5.74) is 0. The summed E-state index contributed by atoms with van der Waals surface area (Å²) < 4.78 is 0. The fourth-order valence-corrected chi connectivity index (χ4v) is 1.91. The molecule has 0 spiro atoms. The predicted molar refractivity (Wildman–Crippen MR) is 52.8 cm³/mol. The first-order valence-electron chi connectivity index (χ1n) is 5.20. The first-order chi connectivity index (χ1) is 5.20. The predicted octanol–water partition coefficient (Wildman–Crippen LogP) is 4.25. The molecule has 0 bridgehead atoms. The molecule has 0 aliphatic rings. The molecule has 0 nitrogen and oxygen atoms in total. The standard InChI is InChI=1S/C11H24/c1-5-7-10(3)9-11(4)8-6-2/h10-11H,5-9H2,1-4H3/t10-,11-/m1/s1. The summed E-state index contributed by atoms with van der Waals surface area (Å²) in [6.45, 7) is 9.33. The Morgan fingerprint density at radius 1 is 0.818 bits per heavy atom. The molecule has 0 aromatic heterocycles. The highest BCUT2D eigenvalue weighted by atomic mass is 14.1. The van der Waals surface area contributed by atoms with Crippen molar-refractivity contribution in [3.63, 3.8) is 0 Å². The fourth-order valence-electron chi connectivity index (χ4n) is 1.91. The van der Waals surface area contributed by atoms with Crippen LogP contribution in [0.25, 0.3) is 0 Å². The van der Waals surface area contributed by atoms with Gasteiger partial charge in [0.05, 0.1) is 0 Å². The minimum absolute atomic E-state index is 0.946. The normalized spacial score (nSPS) is 16.4. The summed E-state index contributed by atoms with van der Waals surface area (Å²) in [7, 11) is 0. The molecule has 0 radical (unpaired) electrons. The van der Waals surface area contributed by atoms with Crippen molar-refractivity contribution in [1.82, 2.24) is 0 Å². The summed E-state index contributed by atoms with van der Waals surface area (Å²) in [4.78, 5) is 0. The van der Waals surface area contributed by atoms with Crippen molar-refractivity contribution in [2.75, 3.05) is 0 Å². The maximum atomic E-state index is 2.38. The van der Waals surface area contributed by atoms with Crippen molar-refractivity contribution in [1.29, 1.82) is 0 Å². The van der Waals surface area contributed by atoms with Crippen LogP contribution in [0, 0.1) is 11.8 Å². The second kappa shape index (κ2) is 6.69. The van der Waals surface area contributed by atoms with Gasteiger partial charge in [0, 0.05) is 0 Å². The molecule has 0 amide bonds. The minimum atomic E-state index is 0.946. The molecule has 0 rings (SSSR count). The van der Waals surface area contributed by atoms with Gasteiger partial charge in [0.1, 0.15) is 0 Å². The molecule has 0 fully saturated rings. The number of hydrogen-bond donors (Lipinski definition) is 0. The lowest BCUT2D eigenvalue weighted by Crippen LogP contribution is -2.02. The Bertz CT molecular complexity index is 66.1. The van der Waals surface area contributed by atoms with Crippen LogP contribution in [0.4, 0.5) is 0 Å². The average molecular weight is 156 g/mol. The van der Waals surface area contributed by atoms with Gasteiger partial charge in [-0.3, -0.25) is 0 Å². The van der Waals surface area contributed by atoms with Crippen molar-refractivity contribution in [3.8, 4) is 0 Å². The Labute approximate surface area is 72.4 Å². The smallest absolute Gasteiger partial charge is 0.0440 e. The highest BCUT2D eigenvalue weighted by molar-refractivity contribution is 4.58. The van der Waals surface area contributed by atoms with Crippen molar-refractivity contribution in [2.24, 2.45) is 11.8 Å². The lowest BCUT2D eigenvalue weighted by molar-refractivity contribution is 0.373. The largest absolute Gasteiger partial charge is 0.0654 e. The Balaban J connectivity index is 3.32. The van der Waals surface area contributed by atoms with Gasteiger partial charge in [-0.15, -0.1) is 0 Å². The first-order valence-corrected chi connectivity index (χ1v) is 5.20. The Morgan fingerprint density at radius 2 is 1.18 bits per heavy atom. The van der Waals surface area contributed by atoms with Crippen molar-refractivity contribution in [3.05, 3.63) is 0 Å². The zero-order valence-electron chi connectivity index (χ0n) is 8.69. The van der Waals surface area contributed by atoms with Crippen LogP contribution in [0.3, 0.4) is 0 Å². The van der Waals surface area contributed by atoms with E-state index in [1.54, 1.807) is 0 Å². The van der Waals surface area contributed by atoms with Gasteiger partial charge in [0.2, 0.25) is 0 Å². The van der Waals surface area contributed by atoms with Crippen LogP contribution in [-0.4, -0.2) is 0 Å². The van der Waals surface area contributed by atoms with Gasteiger partial charge in [0.25, 0.3) is 0 Å². The van der Waals surface area contributed by atoms with Crippen molar-refractivity contribution >= 4 is 0 Å². The van der Waals surface area contributed by atoms with Gasteiger partial charge in [-0.2, -0.15) is 0 Å². The lowest BCUT2D eigenvalue weighted by Gasteiger charge is -2.15. The minimum Gasteiger partial charge on any atom is -0.0654 e. The molecule has 11 heavy (non-hydrogen) atoms. The molecule has 0 aliphatic carbocycles. The Kier molecular flexibility index (Phi) is 6.69. The third-order valence-electron chi connectivity index (χ3n) is 2.37. The summed E-state index contributed by atoms with van der Waals surface area (Å²) in [6, 6.07) is 0. The molecule has 0 aliphatic heterocycles. The van der Waals surface area contributed by atoms with E-state index in [1.165, 1.54) is 32.1 Å². The molecule has 68 valence electrons. The second-order valence-corrected chi connectivity index (χ2v) is 4.02. The highest BCUT2D eigenvalue weighted by Crippen LogP contribution is 2.19. The van der Waals surface area contributed by atoms with Crippen LogP contribution < -0.4 is 0 Å². The molecule has 0 N–H and O–H groups in total. The van der Waals surface area contributed by atoms with E-state index in [9.17, 15) is 0 Å². The van der Waals surface area contributed by atoms with E-state index >= 15 is 0 Å². The Morgan fingerprint density at radius 3 is 1.45 bits per heavy atom. The van der Waals surface area contributed by atoms with Crippen LogP contribution in [0.1, 0.15) is 59.8 Å². The van der Waals surface area contributed by atoms with Crippen molar-refractivity contribution < 1.29 is 0 Å². The molecule has 0 heterocycles. The Hall–Kier alpha value is 0. The summed E-state index contributed by atoms with van der Waals surface area (Å²) in [5, 5.41) is 0. The van der Waals surface area contributed by atoms with E-state index in [2.05, 4.69) is 27.7 Å². The SMILES string of the molecule is CCC[C@@H](C)C[C@H](C)CCC. The highest BCUT2D eigenvalue weighted by Gasteiger charge is 2.06. The zero-order chi connectivity index (χ0) is 8.69. The quantitative estimate of drug-likeness (QED) is 0.539. The summed E-state index contributed by atoms with van der Waals surface area (Å²) >= 11 is 0. The molecular weight excluding hydrogens is 132 g/mol. The van der Waals surface area contributed by atoms with Gasteiger partial charge >= 0.3 is 0 Å². The van der Waals surface area contributed by atoms with E-state index in [-0.39, 0.29) is 0 Å². The monoisotopic (exact) mass is 156 g/mol. The molecular formula is C11H24. The van der Waals surface area contributed by atoms with Gasteiger partial charge in [-0.1, -0.05) is 53.4 Å². The topological polar surface area (TPSA) is 0 Å². The van der Waals surface area contributed by atoms with Gasteiger partial charge in [-0.25, -0.2) is 0 Å². The van der Waals surface area contributed by atoms with Crippen LogP contribution >= 0.6 is 0 Å². The van der Waals surface area contributed by atoms with Crippen LogP contribution in [-0.2, 0) is 0 Å². The summed E-state index contributed by atoms with van der Waals surface area (Å²) in [5.74, 6) is 1.89. The second-order valence-electron chi connectivity index (χ2n) is 4.02. The summed E-state index contributed by atoms with van der Waals surface area (Å²) in [6.07, 6.45) is 6.95. The van der Waals surface area contributed by atoms with E-state index in [1.807, 2.05) is 0 Å². The van der Waals surface area contributed by atoms with Gasteiger partial charge < -0.3 is 0 Å². The molecule has 2 atom stereocenters. The van der Waals surface area contributed by atoms with Crippen LogP contribution in [0.15, 0.2) is 0 Å². The maximum absolute atomic E-state index is 2.38. The number of hydrogen-bond acceptors (Lipinski definition) is 0. The molecule has 0 heteroatoms. The van der Waals surface area contributed by atoms with Gasteiger partial charge in [-0.05, 0) is 18.3 Å². The van der Waals surface area contributed by atoms with E-state index < -0.39 is 0 Å². The third-order valence-corrected chi connectivity index (χ3v) is 2.37. The van der Waals surface area contributed by atoms with E-state index in [0.717, 1.165) is 11.8 Å². The van der Waals surface area contributed by atoms with Crippen LogP contribution in [0.5, 0.6) is 0 Å². The molecule has 0 aromatic carbocycles. The maximum Gasteiger partial charge on any atom is -0.0440 e. The molecule has 0 saturated carbocycles. The third kappa shape index (κ3) is 6.40. The molecule has 0 unspecified atom stereocenters. The lowest BCUT2D eigenvalue weighted by atomic mass is 9.91. The number of rotatable bonds is 6. The van der Waals surface area contributed by atoms with E-state index in [4.69, 9.17) is 0 Å². The zero-order valence-corrected chi connectivity index (χ0v) is 8.69. The molecule has 0 aromatic rings.